The minimum absolute atomic E-state index is 1.05. The van der Waals surface area contributed by atoms with E-state index in [1.165, 1.54) is 0 Å². The molecular formula is C16H23IO2Si3. The van der Waals surface area contributed by atoms with Crippen LogP contribution in [0, 0.1) is 27.0 Å². The Labute approximate surface area is 151 Å². The van der Waals surface area contributed by atoms with Gasteiger partial charge in [-0.15, -0.1) is 12.0 Å². The molecule has 0 aromatic heterocycles. The zero-order valence-electron chi connectivity index (χ0n) is 14.1. The van der Waals surface area contributed by atoms with Crippen LogP contribution in [0.15, 0.2) is 24.3 Å². The number of hydrogen-bond donors (Lipinski definition) is 0. The van der Waals surface area contributed by atoms with Crippen LogP contribution in [0.25, 0.3) is 0 Å². The first kappa shape index (κ1) is 19.7. The van der Waals surface area contributed by atoms with Gasteiger partial charge in [0, 0.05) is 9.13 Å². The molecule has 0 N–H and O–H groups in total. The monoisotopic (exact) mass is 458 g/mol. The van der Waals surface area contributed by atoms with Crippen LogP contribution in [0.3, 0.4) is 0 Å². The van der Waals surface area contributed by atoms with Gasteiger partial charge >= 0.3 is 8.56 Å². The van der Waals surface area contributed by atoms with E-state index in [1.54, 1.807) is 0 Å². The van der Waals surface area contributed by atoms with Gasteiger partial charge in [0.1, 0.15) is 0 Å². The Morgan fingerprint density at radius 3 is 2.05 bits per heavy atom. The molecule has 0 aliphatic carbocycles. The Hall–Kier alpha value is -0.359. The third-order valence-corrected chi connectivity index (χ3v) is 13.1. The maximum Gasteiger partial charge on any atom is 0.312 e. The zero-order chi connectivity index (χ0) is 17.0. The van der Waals surface area contributed by atoms with Gasteiger partial charge in [-0.2, -0.15) is 0 Å². The molecule has 0 aliphatic rings. The molecule has 1 aromatic carbocycles. The molecule has 0 fully saturated rings. The highest BCUT2D eigenvalue weighted by Crippen LogP contribution is 2.20. The third kappa shape index (κ3) is 6.82. The molecule has 0 radical (unpaired) electrons. The lowest BCUT2D eigenvalue weighted by Gasteiger charge is -2.34. The second-order valence-corrected chi connectivity index (χ2v) is 18.7. The fraction of sp³-hybridized carbons (Fsp3) is 0.375. The molecule has 0 atom stereocenters. The molecule has 0 heterocycles. The van der Waals surface area contributed by atoms with Crippen molar-refractivity contribution >= 4 is 47.8 Å². The van der Waals surface area contributed by atoms with E-state index in [9.17, 15) is 0 Å². The SMILES string of the molecule is C#C[Si](C)(C)O[Si](C)(C)O[Si](C)(C)C#Cc1ccccc1I. The zero-order valence-corrected chi connectivity index (χ0v) is 19.2. The minimum atomic E-state index is -2.27. The Balaban J connectivity index is 2.89. The van der Waals surface area contributed by atoms with Gasteiger partial charge in [0.05, 0.1) is 0 Å². The number of benzene rings is 1. The first-order valence-electron chi connectivity index (χ1n) is 7.12. The average molecular weight is 459 g/mol. The van der Waals surface area contributed by atoms with Crippen LogP contribution < -0.4 is 0 Å². The number of rotatable bonds is 4. The van der Waals surface area contributed by atoms with Crippen LogP contribution >= 0.6 is 22.6 Å². The molecule has 6 heteroatoms. The van der Waals surface area contributed by atoms with E-state index in [-0.39, 0.29) is 0 Å². The van der Waals surface area contributed by atoms with Crippen LogP contribution in [0.2, 0.25) is 39.3 Å². The summed E-state index contributed by atoms with van der Waals surface area (Å²) in [5.41, 5.74) is 7.20. The largest absolute Gasteiger partial charge is 0.427 e. The summed E-state index contributed by atoms with van der Waals surface area (Å²) in [6.45, 7) is 12.4. The summed E-state index contributed by atoms with van der Waals surface area (Å²) >= 11 is 2.30. The van der Waals surface area contributed by atoms with Gasteiger partial charge in [-0.05, 0) is 74.0 Å². The maximum absolute atomic E-state index is 6.34. The highest BCUT2D eigenvalue weighted by Gasteiger charge is 2.38. The summed E-state index contributed by atoms with van der Waals surface area (Å²) in [7, 11) is -6.47. The molecular weight excluding hydrogens is 435 g/mol. The summed E-state index contributed by atoms with van der Waals surface area (Å²) < 4.78 is 13.7. The van der Waals surface area contributed by atoms with Crippen LogP contribution in [0.5, 0.6) is 0 Å². The van der Waals surface area contributed by atoms with Crippen molar-refractivity contribution in [2.24, 2.45) is 0 Å². The quantitative estimate of drug-likeness (QED) is 0.376. The normalized spacial score (nSPS) is 12.3. The van der Waals surface area contributed by atoms with E-state index in [0.29, 0.717) is 0 Å². The Kier molecular flexibility index (Phi) is 6.69. The van der Waals surface area contributed by atoms with Crippen molar-refractivity contribution in [1.82, 2.24) is 0 Å². The van der Waals surface area contributed by atoms with Crippen molar-refractivity contribution in [3.63, 3.8) is 0 Å². The van der Waals surface area contributed by atoms with Crippen LogP contribution in [-0.4, -0.2) is 25.2 Å². The molecule has 0 amide bonds. The topological polar surface area (TPSA) is 18.5 Å². The van der Waals surface area contributed by atoms with Crippen molar-refractivity contribution in [3.05, 3.63) is 33.4 Å². The van der Waals surface area contributed by atoms with Gasteiger partial charge in [0.2, 0.25) is 0 Å². The van der Waals surface area contributed by atoms with Gasteiger partial charge in [-0.3, -0.25) is 0 Å². The Morgan fingerprint density at radius 2 is 1.50 bits per heavy atom. The van der Waals surface area contributed by atoms with E-state index < -0.39 is 25.2 Å². The Morgan fingerprint density at radius 1 is 0.955 bits per heavy atom. The van der Waals surface area contributed by atoms with Gasteiger partial charge in [0.15, 0.2) is 0 Å². The van der Waals surface area contributed by atoms with Crippen molar-refractivity contribution in [1.29, 1.82) is 0 Å². The number of hydrogen-bond acceptors (Lipinski definition) is 2. The highest BCUT2D eigenvalue weighted by atomic mass is 127. The lowest BCUT2D eigenvalue weighted by atomic mass is 10.2. The van der Waals surface area contributed by atoms with E-state index in [0.717, 1.165) is 9.13 Å². The summed E-state index contributed by atoms with van der Waals surface area (Å²) in [6.07, 6.45) is 5.56. The average Bonchev–Trinajstić information content (AvgIpc) is 2.35. The second-order valence-electron chi connectivity index (χ2n) is 6.50. The van der Waals surface area contributed by atoms with Crippen molar-refractivity contribution < 1.29 is 8.23 Å². The fourth-order valence-corrected chi connectivity index (χ4v) is 13.9. The predicted octanol–water partition coefficient (Wildman–Crippen LogP) is 4.50. The summed E-state index contributed by atoms with van der Waals surface area (Å²) in [6, 6.07) is 8.11. The molecule has 1 rings (SSSR count). The summed E-state index contributed by atoms with van der Waals surface area (Å²) in [5, 5.41) is 0. The molecule has 0 unspecified atom stereocenters. The number of terminal acetylenes is 1. The van der Waals surface area contributed by atoms with E-state index in [2.05, 4.69) is 71.9 Å². The van der Waals surface area contributed by atoms with Crippen molar-refractivity contribution in [2.45, 2.75) is 39.3 Å². The molecule has 1 aromatic rings. The van der Waals surface area contributed by atoms with Gasteiger partial charge < -0.3 is 8.23 Å². The van der Waals surface area contributed by atoms with Gasteiger partial charge in [-0.25, -0.2) is 0 Å². The molecule has 22 heavy (non-hydrogen) atoms. The third-order valence-electron chi connectivity index (χ3n) is 2.72. The smallest absolute Gasteiger partial charge is 0.312 e. The van der Waals surface area contributed by atoms with Gasteiger partial charge in [0.25, 0.3) is 16.6 Å². The van der Waals surface area contributed by atoms with E-state index in [4.69, 9.17) is 14.7 Å². The molecule has 118 valence electrons. The first-order valence-corrected chi connectivity index (χ1v) is 16.8. The van der Waals surface area contributed by atoms with Crippen LogP contribution in [-0.2, 0) is 8.23 Å². The highest BCUT2D eigenvalue weighted by molar-refractivity contribution is 14.1. The predicted molar refractivity (Wildman–Crippen MR) is 109 cm³/mol. The van der Waals surface area contributed by atoms with Gasteiger partial charge in [-0.1, -0.05) is 23.6 Å². The molecule has 0 bridgehead atoms. The fourth-order valence-electron chi connectivity index (χ4n) is 2.09. The lowest BCUT2D eigenvalue weighted by molar-refractivity contribution is 0.402. The standard InChI is InChI=1S/C16H23IO2Si3/c1-8-20(2,3)18-22(6,7)19-21(4,5)14-13-15-11-9-10-12-16(15)17/h1,9-12H,2-7H3. The molecule has 0 spiro atoms. The Bertz CT molecular complexity index is 637. The first-order chi connectivity index (χ1) is 9.96. The lowest BCUT2D eigenvalue weighted by Crippen LogP contribution is -2.51. The summed E-state index contributed by atoms with van der Waals surface area (Å²) in [4.78, 5) is 0. The maximum atomic E-state index is 6.34. The summed E-state index contributed by atoms with van der Waals surface area (Å²) in [5.74, 6) is 3.27. The van der Waals surface area contributed by atoms with Crippen molar-refractivity contribution in [2.75, 3.05) is 0 Å². The molecule has 0 aliphatic heterocycles. The molecule has 0 saturated heterocycles. The van der Waals surface area contributed by atoms with Crippen molar-refractivity contribution in [3.8, 4) is 23.4 Å². The van der Waals surface area contributed by atoms with E-state index >= 15 is 0 Å². The van der Waals surface area contributed by atoms with Crippen LogP contribution in [0.1, 0.15) is 5.56 Å². The molecule has 0 saturated carbocycles. The molecule has 2 nitrogen and oxygen atoms in total. The second kappa shape index (κ2) is 7.47. The van der Waals surface area contributed by atoms with Crippen LogP contribution in [0.4, 0.5) is 0 Å². The minimum Gasteiger partial charge on any atom is -0.427 e. The van der Waals surface area contributed by atoms with E-state index in [1.807, 2.05) is 31.3 Å². The number of halogens is 1.